The number of carbonyl (C=O) groups excluding carboxylic acids is 1. The summed E-state index contributed by atoms with van der Waals surface area (Å²) in [4.78, 5) is 21.8. The number of rotatable bonds is 8. The number of nitrogens with zero attached hydrogens (tertiary/aromatic N) is 2. The number of thiophene rings is 1. The van der Waals surface area contributed by atoms with Gasteiger partial charge in [0.2, 0.25) is 5.91 Å². The summed E-state index contributed by atoms with van der Waals surface area (Å²) in [6.45, 7) is 0.374. The van der Waals surface area contributed by atoms with Gasteiger partial charge in [0.25, 0.3) is 0 Å². The molecule has 2 aromatic carbocycles. The first kappa shape index (κ1) is 22.0. The van der Waals surface area contributed by atoms with Crippen LogP contribution in [0.4, 0.5) is 5.13 Å². The van der Waals surface area contributed by atoms with Gasteiger partial charge in [0.1, 0.15) is 5.75 Å². The third-order valence-electron chi connectivity index (χ3n) is 4.69. The van der Waals surface area contributed by atoms with Crippen LogP contribution in [0, 0.1) is 0 Å². The molecule has 4 rings (SSSR count). The lowest BCUT2D eigenvalue weighted by molar-refractivity contribution is -0.116. The Kier molecular flexibility index (Phi) is 6.76. The average Bonchev–Trinajstić information content (AvgIpc) is 3.43. The van der Waals surface area contributed by atoms with Crippen LogP contribution in [0.2, 0.25) is 0 Å². The molecule has 0 N–H and O–H groups in total. The molecule has 0 saturated heterocycles. The first-order valence-electron chi connectivity index (χ1n) is 9.51. The maximum Gasteiger partial charge on any atom is 0.244 e. The summed E-state index contributed by atoms with van der Waals surface area (Å²) in [6.07, 6.45) is 2.65. The van der Waals surface area contributed by atoms with E-state index in [0.29, 0.717) is 18.1 Å². The third kappa shape index (κ3) is 5.17. The fourth-order valence-electron chi connectivity index (χ4n) is 3.09. The van der Waals surface area contributed by atoms with Crippen molar-refractivity contribution in [3.63, 3.8) is 0 Å². The van der Waals surface area contributed by atoms with E-state index in [0.717, 1.165) is 20.0 Å². The van der Waals surface area contributed by atoms with Gasteiger partial charge in [0.05, 0.1) is 15.1 Å². The minimum absolute atomic E-state index is 0.149. The number of anilines is 1. The standard InChI is InChI=1S/C22H20N2O3S4/c1-28-17-9-10-19-20(14-17)30-22(23-19)24(12-11-16-6-5-13-29-16)21(25)15-31(26,27)18-7-3-2-4-8-18/h2-10,13-14H,11-12,15H2,1H3. The van der Waals surface area contributed by atoms with Gasteiger partial charge in [-0.1, -0.05) is 35.6 Å². The Morgan fingerprint density at radius 3 is 2.61 bits per heavy atom. The Bertz CT molecular complexity index is 1280. The average molecular weight is 489 g/mol. The third-order valence-corrected chi connectivity index (χ3v) is 9.01. The van der Waals surface area contributed by atoms with Crippen LogP contribution in [0.25, 0.3) is 10.2 Å². The molecule has 2 aromatic heterocycles. The van der Waals surface area contributed by atoms with Crippen molar-refractivity contribution in [2.24, 2.45) is 0 Å². The second kappa shape index (κ2) is 9.52. The lowest BCUT2D eigenvalue weighted by atomic mass is 10.3. The van der Waals surface area contributed by atoms with Gasteiger partial charge in [-0.2, -0.15) is 0 Å². The van der Waals surface area contributed by atoms with Gasteiger partial charge >= 0.3 is 0 Å². The zero-order chi connectivity index (χ0) is 21.8. The van der Waals surface area contributed by atoms with Crippen molar-refractivity contribution in [3.05, 3.63) is 70.9 Å². The second-order valence-electron chi connectivity index (χ2n) is 6.78. The largest absolute Gasteiger partial charge is 0.287 e. The number of benzene rings is 2. The van der Waals surface area contributed by atoms with E-state index < -0.39 is 21.5 Å². The van der Waals surface area contributed by atoms with Crippen LogP contribution in [-0.2, 0) is 21.1 Å². The second-order valence-corrected chi connectivity index (χ2v) is 11.7. The molecular formula is C22H20N2O3S4. The number of hydrogen-bond donors (Lipinski definition) is 0. The van der Waals surface area contributed by atoms with Crippen molar-refractivity contribution in [1.82, 2.24) is 4.98 Å². The molecule has 1 amide bonds. The number of carbonyl (C=O) groups is 1. The number of sulfone groups is 1. The Morgan fingerprint density at radius 1 is 1.10 bits per heavy atom. The molecule has 0 spiro atoms. The first-order valence-corrected chi connectivity index (χ1v) is 14.1. The molecule has 2 heterocycles. The molecule has 0 aliphatic rings. The van der Waals surface area contributed by atoms with E-state index in [1.165, 1.54) is 28.4 Å². The fraction of sp³-hybridized carbons (Fsp3) is 0.182. The highest BCUT2D eigenvalue weighted by atomic mass is 32.2. The number of thioether (sulfide) groups is 1. The quantitative estimate of drug-likeness (QED) is 0.322. The van der Waals surface area contributed by atoms with Crippen LogP contribution in [0.5, 0.6) is 0 Å². The van der Waals surface area contributed by atoms with E-state index >= 15 is 0 Å². The smallest absolute Gasteiger partial charge is 0.244 e. The van der Waals surface area contributed by atoms with Gasteiger partial charge in [0.15, 0.2) is 15.0 Å². The predicted molar refractivity (Wildman–Crippen MR) is 130 cm³/mol. The van der Waals surface area contributed by atoms with Gasteiger partial charge in [-0.25, -0.2) is 13.4 Å². The molecule has 4 aromatic rings. The van der Waals surface area contributed by atoms with Crippen molar-refractivity contribution in [2.75, 3.05) is 23.5 Å². The number of hydrogen-bond acceptors (Lipinski definition) is 7. The highest BCUT2D eigenvalue weighted by molar-refractivity contribution is 7.98. The molecule has 160 valence electrons. The lowest BCUT2D eigenvalue weighted by Gasteiger charge is -2.19. The first-order chi connectivity index (χ1) is 15.0. The summed E-state index contributed by atoms with van der Waals surface area (Å²) in [5, 5.41) is 2.52. The predicted octanol–water partition coefficient (Wildman–Crippen LogP) is 5.13. The molecule has 0 atom stereocenters. The monoisotopic (exact) mass is 488 g/mol. The highest BCUT2D eigenvalue weighted by Gasteiger charge is 2.26. The zero-order valence-electron chi connectivity index (χ0n) is 16.7. The van der Waals surface area contributed by atoms with Crippen LogP contribution in [0.3, 0.4) is 0 Å². The highest BCUT2D eigenvalue weighted by Crippen LogP contribution is 2.32. The minimum atomic E-state index is -3.74. The van der Waals surface area contributed by atoms with E-state index in [-0.39, 0.29) is 4.90 Å². The number of fused-ring (bicyclic) bond motifs is 1. The fourth-order valence-corrected chi connectivity index (χ4v) is 6.57. The molecule has 0 fully saturated rings. The molecule has 0 aliphatic heterocycles. The van der Waals surface area contributed by atoms with E-state index in [1.54, 1.807) is 41.3 Å². The van der Waals surface area contributed by atoms with Gasteiger partial charge in [-0.15, -0.1) is 23.1 Å². The van der Waals surface area contributed by atoms with Crippen LogP contribution in [-0.4, -0.2) is 37.9 Å². The van der Waals surface area contributed by atoms with Crippen molar-refractivity contribution in [1.29, 1.82) is 0 Å². The summed E-state index contributed by atoms with van der Waals surface area (Å²) < 4.78 is 26.6. The minimum Gasteiger partial charge on any atom is -0.287 e. The van der Waals surface area contributed by atoms with Crippen LogP contribution < -0.4 is 4.90 Å². The van der Waals surface area contributed by atoms with E-state index in [2.05, 4.69) is 4.98 Å². The van der Waals surface area contributed by atoms with Crippen LogP contribution in [0.1, 0.15) is 4.88 Å². The molecule has 31 heavy (non-hydrogen) atoms. The Hall–Kier alpha value is -2.20. The summed E-state index contributed by atoms with van der Waals surface area (Å²) in [6, 6.07) is 18.0. The molecule has 0 bridgehead atoms. The Labute approximate surface area is 193 Å². The number of aromatic nitrogens is 1. The summed E-state index contributed by atoms with van der Waals surface area (Å²) in [7, 11) is -3.74. The molecule has 5 nitrogen and oxygen atoms in total. The molecule has 0 radical (unpaired) electrons. The SMILES string of the molecule is CSc1ccc2nc(N(CCc3cccs3)C(=O)CS(=O)(=O)c3ccccc3)sc2c1. The normalized spacial score (nSPS) is 11.6. The van der Waals surface area contributed by atoms with Crippen LogP contribution in [0.15, 0.2) is 75.8 Å². The summed E-state index contributed by atoms with van der Waals surface area (Å²) >= 11 is 4.67. The molecule has 0 saturated carbocycles. The molecule has 0 unspecified atom stereocenters. The van der Waals surface area contributed by atoms with Gasteiger partial charge in [-0.05, 0) is 54.5 Å². The molecule has 0 aliphatic carbocycles. The van der Waals surface area contributed by atoms with Gasteiger partial charge < -0.3 is 0 Å². The lowest BCUT2D eigenvalue weighted by Crippen LogP contribution is -2.37. The van der Waals surface area contributed by atoms with Crippen LogP contribution >= 0.6 is 34.4 Å². The van der Waals surface area contributed by atoms with E-state index in [1.807, 2.05) is 42.0 Å². The van der Waals surface area contributed by atoms with Gasteiger partial charge in [-0.3, -0.25) is 9.69 Å². The van der Waals surface area contributed by atoms with Crippen molar-refractivity contribution >= 4 is 65.5 Å². The topological polar surface area (TPSA) is 67.3 Å². The number of amides is 1. The van der Waals surface area contributed by atoms with Gasteiger partial charge in [0, 0.05) is 16.3 Å². The maximum atomic E-state index is 13.2. The Morgan fingerprint density at radius 2 is 1.90 bits per heavy atom. The van der Waals surface area contributed by atoms with Crippen molar-refractivity contribution in [2.45, 2.75) is 16.2 Å². The maximum absolute atomic E-state index is 13.2. The Balaban J connectivity index is 1.64. The summed E-state index contributed by atoms with van der Waals surface area (Å²) in [5.74, 6) is -1.06. The van der Waals surface area contributed by atoms with Crippen molar-refractivity contribution in [3.8, 4) is 0 Å². The summed E-state index contributed by atoms with van der Waals surface area (Å²) in [5.41, 5.74) is 0.803. The molecule has 9 heteroatoms. The van der Waals surface area contributed by atoms with E-state index in [4.69, 9.17) is 0 Å². The zero-order valence-corrected chi connectivity index (χ0v) is 20.0. The number of thiazole rings is 1. The van der Waals surface area contributed by atoms with E-state index in [9.17, 15) is 13.2 Å². The van der Waals surface area contributed by atoms with Crippen molar-refractivity contribution < 1.29 is 13.2 Å². The molecular weight excluding hydrogens is 469 g/mol.